The number of nitrogens with zero attached hydrogens (tertiary/aromatic N) is 1. The molecular formula is C18H21ClN2O. The van der Waals surface area contributed by atoms with Crippen LogP contribution in [0.25, 0.3) is 10.9 Å². The maximum Gasteiger partial charge on any atom is 0.0843 e. The summed E-state index contributed by atoms with van der Waals surface area (Å²) in [5.41, 5.74) is 2.40. The Balaban J connectivity index is 0.00000176. The number of aliphatic hydroxyl groups excluding tert-OH is 1. The number of hydrogen-bond donors (Lipinski definition) is 2. The number of aromatic nitrogens is 1. The van der Waals surface area contributed by atoms with Crippen LogP contribution < -0.4 is 5.32 Å². The Bertz CT molecular complexity index is 696. The van der Waals surface area contributed by atoms with Gasteiger partial charge in [-0.25, -0.2) is 0 Å². The normalized spacial score (nSPS) is 12.0. The number of fused-ring (bicyclic) bond motifs is 1. The average Bonchev–Trinajstić information content (AvgIpc) is 2.92. The van der Waals surface area contributed by atoms with Gasteiger partial charge in [-0.05, 0) is 23.1 Å². The lowest BCUT2D eigenvalue weighted by molar-refractivity contribution is 0.152. The Morgan fingerprint density at radius 3 is 2.50 bits per heavy atom. The Morgan fingerprint density at radius 1 is 0.955 bits per heavy atom. The van der Waals surface area contributed by atoms with E-state index in [2.05, 4.69) is 40.2 Å². The standard InChI is InChI=1S/C18H20N2O.ClH/c21-17(13-19-12-15-6-2-1-3-7-15)14-20-11-10-16-8-4-5-9-18(16)20;/h1-11,17,19,21H,12-14H2;1H. The molecule has 0 radical (unpaired) electrons. The molecule has 0 aliphatic carbocycles. The van der Waals surface area contributed by atoms with Gasteiger partial charge in [0, 0.05) is 31.3 Å². The highest BCUT2D eigenvalue weighted by Crippen LogP contribution is 2.15. The first-order valence-corrected chi connectivity index (χ1v) is 7.29. The molecule has 1 atom stereocenters. The molecule has 1 aromatic heterocycles. The summed E-state index contributed by atoms with van der Waals surface area (Å²) < 4.78 is 2.10. The molecule has 0 saturated heterocycles. The molecule has 4 heteroatoms. The molecule has 0 aliphatic rings. The Morgan fingerprint density at radius 2 is 1.68 bits per heavy atom. The second kappa shape index (κ2) is 7.99. The van der Waals surface area contributed by atoms with Gasteiger partial charge in [0.15, 0.2) is 0 Å². The van der Waals surface area contributed by atoms with Gasteiger partial charge >= 0.3 is 0 Å². The molecule has 0 aliphatic heterocycles. The summed E-state index contributed by atoms with van der Waals surface area (Å²) in [4.78, 5) is 0. The van der Waals surface area contributed by atoms with Gasteiger partial charge in [0.05, 0.1) is 6.10 Å². The van der Waals surface area contributed by atoms with Crippen LogP contribution in [0.3, 0.4) is 0 Å². The number of benzene rings is 2. The zero-order valence-corrected chi connectivity index (χ0v) is 13.2. The fourth-order valence-electron chi connectivity index (χ4n) is 2.57. The third-order valence-corrected chi connectivity index (χ3v) is 3.64. The number of hydrogen-bond acceptors (Lipinski definition) is 2. The third kappa shape index (κ3) is 4.10. The van der Waals surface area contributed by atoms with Crippen molar-refractivity contribution in [2.45, 2.75) is 19.2 Å². The summed E-state index contributed by atoms with van der Waals surface area (Å²) in [5.74, 6) is 0. The lowest BCUT2D eigenvalue weighted by Crippen LogP contribution is -2.29. The number of para-hydroxylation sites is 1. The first-order valence-electron chi connectivity index (χ1n) is 7.29. The summed E-state index contributed by atoms with van der Waals surface area (Å²) in [5, 5.41) is 14.7. The summed E-state index contributed by atoms with van der Waals surface area (Å²) in [6.07, 6.45) is 1.63. The van der Waals surface area contributed by atoms with Gasteiger partial charge in [-0.15, -0.1) is 12.4 Å². The van der Waals surface area contributed by atoms with Crippen molar-refractivity contribution < 1.29 is 5.11 Å². The van der Waals surface area contributed by atoms with Crippen LogP contribution in [0.15, 0.2) is 66.9 Å². The first kappa shape index (κ1) is 16.6. The minimum atomic E-state index is -0.399. The summed E-state index contributed by atoms with van der Waals surface area (Å²) in [7, 11) is 0. The second-order valence-electron chi connectivity index (χ2n) is 5.30. The zero-order valence-electron chi connectivity index (χ0n) is 12.4. The molecule has 3 aromatic rings. The summed E-state index contributed by atoms with van der Waals surface area (Å²) in [6.45, 7) is 1.97. The van der Waals surface area contributed by atoms with E-state index in [4.69, 9.17) is 0 Å². The highest BCUT2D eigenvalue weighted by molar-refractivity contribution is 5.85. The van der Waals surface area contributed by atoms with Crippen LogP contribution in [0.4, 0.5) is 0 Å². The summed E-state index contributed by atoms with van der Waals surface area (Å²) in [6, 6.07) is 20.5. The Labute approximate surface area is 137 Å². The van der Waals surface area contributed by atoms with E-state index in [0.717, 1.165) is 6.54 Å². The molecule has 0 spiro atoms. The van der Waals surface area contributed by atoms with Crippen molar-refractivity contribution in [1.82, 2.24) is 9.88 Å². The van der Waals surface area contributed by atoms with Gasteiger partial charge in [0.2, 0.25) is 0 Å². The van der Waals surface area contributed by atoms with Crippen LogP contribution >= 0.6 is 12.4 Å². The second-order valence-corrected chi connectivity index (χ2v) is 5.30. The third-order valence-electron chi connectivity index (χ3n) is 3.64. The molecule has 0 saturated carbocycles. The maximum atomic E-state index is 10.2. The van der Waals surface area contributed by atoms with Gasteiger partial charge in [0.1, 0.15) is 0 Å². The van der Waals surface area contributed by atoms with E-state index in [1.807, 2.05) is 36.5 Å². The van der Waals surface area contributed by atoms with Crippen LogP contribution in [0.1, 0.15) is 5.56 Å². The molecular weight excluding hydrogens is 296 g/mol. The van der Waals surface area contributed by atoms with E-state index in [9.17, 15) is 5.11 Å². The predicted octanol–water partition coefficient (Wildman–Crippen LogP) is 3.21. The molecule has 116 valence electrons. The van der Waals surface area contributed by atoms with E-state index in [0.29, 0.717) is 13.1 Å². The van der Waals surface area contributed by atoms with E-state index < -0.39 is 6.10 Å². The topological polar surface area (TPSA) is 37.2 Å². The SMILES string of the molecule is Cl.OC(CNCc1ccccc1)Cn1ccc2ccccc21. The van der Waals surface area contributed by atoms with Crippen LogP contribution in [0, 0.1) is 0 Å². The van der Waals surface area contributed by atoms with Gasteiger partial charge in [0.25, 0.3) is 0 Å². The quantitative estimate of drug-likeness (QED) is 0.732. The van der Waals surface area contributed by atoms with Crippen LogP contribution in [0.2, 0.25) is 0 Å². The van der Waals surface area contributed by atoms with Crippen molar-refractivity contribution in [3.63, 3.8) is 0 Å². The molecule has 0 amide bonds. The molecule has 1 heterocycles. The van der Waals surface area contributed by atoms with E-state index in [-0.39, 0.29) is 12.4 Å². The lowest BCUT2D eigenvalue weighted by atomic mass is 10.2. The highest BCUT2D eigenvalue weighted by Gasteiger charge is 2.07. The highest BCUT2D eigenvalue weighted by atomic mass is 35.5. The maximum absolute atomic E-state index is 10.2. The van der Waals surface area contributed by atoms with Crippen molar-refractivity contribution in [3.05, 3.63) is 72.4 Å². The van der Waals surface area contributed by atoms with Crippen LogP contribution in [0.5, 0.6) is 0 Å². The predicted molar refractivity (Wildman–Crippen MR) is 93.3 cm³/mol. The molecule has 2 N–H and O–H groups in total. The van der Waals surface area contributed by atoms with Crippen molar-refractivity contribution >= 4 is 23.3 Å². The minimum absolute atomic E-state index is 0. The number of rotatable bonds is 6. The first-order chi connectivity index (χ1) is 10.3. The Hall–Kier alpha value is -1.81. The monoisotopic (exact) mass is 316 g/mol. The van der Waals surface area contributed by atoms with Crippen molar-refractivity contribution in [2.24, 2.45) is 0 Å². The van der Waals surface area contributed by atoms with Crippen LogP contribution in [-0.2, 0) is 13.1 Å². The molecule has 2 aromatic carbocycles. The van der Waals surface area contributed by atoms with Crippen molar-refractivity contribution in [3.8, 4) is 0 Å². The van der Waals surface area contributed by atoms with Crippen molar-refractivity contribution in [1.29, 1.82) is 0 Å². The van der Waals surface area contributed by atoms with Gasteiger partial charge in [-0.2, -0.15) is 0 Å². The van der Waals surface area contributed by atoms with Crippen LogP contribution in [-0.4, -0.2) is 22.3 Å². The number of aliphatic hydroxyl groups is 1. The molecule has 0 bridgehead atoms. The fourth-order valence-corrected chi connectivity index (χ4v) is 2.57. The molecule has 0 fully saturated rings. The molecule has 22 heavy (non-hydrogen) atoms. The lowest BCUT2D eigenvalue weighted by Gasteiger charge is -2.14. The van der Waals surface area contributed by atoms with Gasteiger partial charge in [-0.3, -0.25) is 0 Å². The van der Waals surface area contributed by atoms with Gasteiger partial charge < -0.3 is 15.0 Å². The molecule has 3 nitrogen and oxygen atoms in total. The largest absolute Gasteiger partial charge is 0.390 e. The fraction of sp³-hybridized carbons (Fsp3) is 0.222. The minimum Gasteiger partial charge on any atom is -0.390 e. The van der Waals surface area contributed by atoms with E-state index in [1.54, 1.807) is 0 Å². The average molecular weight is 317 g/mol. The number of nitrogens with one attached hydrogen (secondary N) is 1. The van der Waals surface area contributed by atoms with E-state index in [1.165, 1.54) is 16.5 Å². The van der Waals surface area contributed by atoms with Gasteiger partial charge in [-0.1, -0.05) is 48.5 Å². The molecule has 3 rings (SSSR count). The smallest absolute Gasteiger partial charge is 0.0843 e. The Kier molecular flexibility index (Phi) is 6.01. The van der Waals surface area contributed by atoms with Crippen molar-refractivity contribution in [2.75, 3.05) is 6.54 Å². The number of halogens is 1. The van der Waals surface area contributed by atoms with E-state index >= 15 is 0 Å². The summed E-state index contributed by atoms with van der Waals surface area (Å²) >= 11 is 0. The molecule has 1 unspecified atom stereocenters. The zero-order chi connectivity index (χ0) is 14.5.